The van der Waals surface area contributed by atoms with Crippen LogP contribution in [0.25, 0.3) is 0 Å². The van der Waals surface area contributed by atoms with Crippen LogP contribution in [0.1, 0.15) is 22.6 Å². The molecule has 0 spiro atoms. The standard InChI is InChI=1S/C14H20BrN5/c1-9-14(10(2)20(3)19-9)7-13(18-16)6-12-5-4-11(15)8-17-12/h4-5,8,13,18H,6-7,16H2,1-3H3. The molecule has 0 aromatic carbocycles. The van der Waals surface area contributed by atoms with E-state index in [9.17, 15) is 0 Å². The van der Waals surface area contributed by atoms with Gasteiger partial charge in [0.1, 0.15) is 0 Å². The first kappa shape index (κ1) is 15.2. The summed E-state index contributed by atoms with van der Waals surface area (Å²) < 4.78 is 2.90. The monoisotopic (exact) mass is 337 g/mol. The van der Waals surface area contributed by atoms with Crippen LogP contribution in [0, 0.1) is 13.8 Å². The first-order valence-electron chi connectivity index (χ1n) is 6.57. The Morgan fingerprint density at radius 1 is 1.35 bits per heavy atom. The zero-order chi connectivity index (χ0) is 14.7. The van der Waals surface area contributed by atoms with Crippen molar-refractivity contribution in [1.29, 1.82) is 0 Å². The largest absolute Gasteiger partial charge is 0.272 e. The highest BCUT2D eigenvalue weighted by Gasteiger charge is 2.16. The number of hydrogen-bond acceptors (Lipinski definition) is 4. The highest BCUT2D eigenvalue weighted by atomic mass is 79.9. The van der Waals surface area contributed by atoms with E-state index < -0.39 is 0 Å². The third kappa shape index (κ3) is 3.45. The van der Waals surface area contributed by atoms with Gasteiger partial charge in [0.15, 0.2) is 0 Å². The van der Waals surface area contributed by atoms with Crippen LogP contribution in [0.4, 0.5) is 0 Å². The average Bonchev–Trinajstić information content (AvgIpc) is 2.66. The number of halogens is 1. The lowest BCUT2D eigenvalue weighted by atomic mass is 10.0. The van der Waals surface area contributed by atoms with Gasteiger partial charge in [0, 0.05) is 41.6 Å². The number of pyridine rings is 1. The Kier molecular flexibility index (Phi) is 4.91. The van der Waals surface area contributed by atoms with E-state index in [1.54, 1.807) is 0 Å². The van der Waals surface area contributed by atoms with Gasteiger partial charge in [-0.25, -0.2) is 0 Å². The van der Waals surface area contributed by atoms with Crippen LogP contribution < -0.4 is 11.3 Å². The maximum absolute atomic E-state index is 5.69. The zero-order valence-corrected chi connectivity index (χ0v) is 13.6. The van der Waals surface area contributed by atoms with Crippen LogP contribution in [0.5, 0.6) is 0 Å². The van der Waals surface area contributed by atoms with Gasteiger partial charge >= 0.3 is 0 Å². The van der Waals surface area contributed by atoms with E-state index in [0.29, 0.717) is 0 Å². The SMILES string of the molecule is Cc1nn(C)c(C)c1CC(Cc1ccc(Br)cn1)NN. The fourth-order valence-corrected chi connectivity index (χ4v) is 2.56. The number of aromatic nitrogens is 3. The average molecular weight is 338 g/mol. The molecule has 0 amide bonds. The summed E-state index contributed by atoms with van der Waals surface area (Å²) in [5.74, 6) is 5.69. The lowest BCUT2D eigenvalue weighted by molar-refractivity contribution is 0.515. The van der Waals surface area contributed by atoms with Crippen LogP contribution in [-0.2, 0) is 19.9 Å². The molecule has 0 fully saturated rings. The summed E-state index contributed by atoms with van der Waals surface area (Å²) in [5, 5.41) is 4.44. The fraction of sp³-hybridized carbons (Fsp3) is 0.429. The molecule has 0 aliphatic carbocycles. The summed E-state index contributed by atoms with van der Waals surface area (Å²) in [5.41, 5.74) is 7.42. The number of rotatable bonds is 5. The Morgan fingerprint density at radius 3 is 2.60 bits per heavy atom. The molecule has 1 atom stereocenters. The van der Waals surface area contributed by atoms with Crippen molar-refractivity contribution in [3.63, 3.8) is 0 Å². The normalized spacial score (nSPS) is 12.7. The van der Waals surface area contributed by atoms with Gasteiger partial charge in [-0.05, 0) is 53.9 Å². The Labute approximate surface area is 127 Å². The molecule has 0 aliphatic heterocycles. The molecule has 108 valence electrons. The highest BCUT2D eigenvalue weighted by molar-refractivity contribution is 9.10. The number of hydrogen-bond donors (Lipinski definition) is 2. The minimum absolute atomic E-state index is 0.144. The van der Waals surface area contributed by atoms with Crippen molar-refractivity contribution in [1.82, 2.24) is 20.2 Å². The zero-order valence-electron chi connectivity index (χ0n) is 12.0. The van der Waals surface area contributed by atoms with Gasteiger partial charge in [0.25, 0.3) is 0 Å². The number of nitrogens with zero attached hydrogens (tertiary/aromatic N) is 3. The molecular weight excluding hydrogens is 318 g/mol. The Morgan fingerprint density at radius 2 is 2.10 bits per heavy atom. The quantitative estimate of drug-likeness (QED) is 0.645. The minimum atomic E-state index is 0.144. The van der Waals surface area contributed by atoms with Gasteiger partial charge in [-0.15, -0.1) is 0 Å². The first-order chi connectivity index (χ1) is 9.51. The third-order valence-corrected chi connectivity index (χ3v) is 4.06. The van der Waals surface area contributed by atoms with E-state index in [4.69, 9.17) is 5.84 Å². The van der Waals surface area contributed by atoms with Crippen molar-refractivity contribution in [3.8, 4) is 0 Å². The van der Waals surface area contributed by atoms with Crippen LogP contribution in [0.15, 0.2) is 22.8 Å². The van der Waals surface area contributed by atoms with E-state index in [1.807, 2.05) is 37.0 Å². The van der Waals surface area contributed by atoms with Gasteiger partial charge in [-0.3, -0.25) is 20.9 Å². The summed E-state index contributed by atoms with van der Waals surface area (Å²) in [6.07, 6.45) is 3.45. The van der Waals surface area contributed by atoms with Crippen molar-refractivity contribution in [3.05, 3.63) is 45.4 Å². The summed E-state index contributed by atoms with van der Waals surface area (Å²) in [6.45, 7) is 4.12. The van der Waals surface area contributed by atoms with E-state index in [-0.39, 0.29) is 6.04 Å². The number of hydrazine groups is 1. The molecule has 2 aromatic rings. The molecule has 2 heterocycles. The first-order valence-corrected chi connectivity index (χ1v) is 7.36. The Bertz CT molecular complexity index is 576. The number of nitrogens with two attached hydrogens (primary N) is 1. The molecule has 3 N–H and O–H groups in total. The predicted octanol–water partition coefficient (Wildman–Crippen LogP) is 1.81. The van der Waals surface area contributed by atoms with Crippen LogP contribution in [0.2, 0.25) is 0 Å². The van der Waals surface area contributed by atoms with Crippen LogP contribution in [-0.4, -0.2) is 20.8 Å². The van der Waals surface area contributed by atoms with E-state index in [1.165, 1.54) is 11.3 Å². The predicted molar refractivity (Wildman–Crippen MR) is 83.1 cm³/mol. The summed E-state index contributed by atoms with van der Waals surface area (Å²) in [6, 6.07) is 4.15. The van der Waals surface area contributed by atoms with Crippen molar-refractivity contribution < 1.29 is 0 Å². The summed E-state index contributed by atoms with van der Waals surface area (Å²) in [7, 11) is 1.97. The molecule has 20 heavy (non-hydrogen) atoms. The Hall–Kier alpha value is -1.24. The molecule has 2 rings (SSSR count). The lowest BCUT2D eigenvalue weighted by Crippen LogP contribution is -2.38. The van der Waals surface area contributed by atoms with E-state index >= 15 is 0 Å². The summed E-state index contributed by atoms with van der Waals surface area (Å²) in [4.78, 5) is 4.39. The van der Waals surface area contributed by atoms with Gasteiger partial charge < -0.3 is 0 Å². The topological polar surface area (TPSA) is 68.8 Å². The van der Waals surface area contributed by atoms with E-state index in [0.717, 1.165) is 28.7 Å². The second-order valence-corrected chi connectivity index (χ2v) is 5.93. The molecule has 1 unspecified atom stereocenters. The maximum atomic E-state index is 5.69. The van der Waals surface area contributed by atoms with Gasteiger partial charge in [0.2, 0.25) is 0 Å². The van der Waals surface area contributed by atoms with Gasteiger partial charge in [0.05, 0.1) is 5.69 Å². The molecule has 2 aromatic heterocycles. The van der Waals surface area contributed by atoms with Gasteiger partial charge in [-0.1, -0.05) is 0 Å². The van der Waals surface area contributed by atoms with Crippen LogP contribution in [0.3, 0.4) is 0 Å². The minimum Gasteiger partial charge on any atom is -0.272 e. The highest BCUT2D eigenvalue weighted by Crippen LogP contribution is 2.16. The number of aryl methyl sites for hydroxylation is 2. The smallest absolute Gasteiger partial charge is 0.0628 e. The molecule has 0 saturated heterocycles. The molecule has 5 nitrogen and oxygen atoms in total. The van der Waals surface area contributed by atoms with Crippen molar-refractivity contribution in [2.24, 2.45) is 12.9 Å². The molecule has 0 saturated carbocycles. The molecule has 0 aliphatic rings. The molecular formula is C14H20BrN5. The van der Waals surface area contributed by atoms with Crippen LogP contribution >= 0.6 is 15.9 Å². The summed E-state index contributed by atoms with van der Waals surface area (Å²) >= 11 is 3.39. The van der Waals surface area contributed by atoms with Gasteiger partial charge in [-0.2, -0.15) is 5.10 Å². The second kappa shape index (κ2) is 6.47. The molecule has 0 radical (unpaired) electrons. The Balaban J connectivity index is 2.11. The fourth-order valence-electron chi connectivity index (χ4n) is 2.33. The molecule has 0 bridgehead atoms. The maximum Gasteiger partial charge on any atom is 0.0628 e. The lowest BCUT2D eigenvalue weighted by Gasteiger charge is -2.16. The van der Waals surface area contributed by atoms with Crippen molar-refractivity contribution in [2.75, 3.05) is 0 Å². The van der Waals surface area contributed by atoms with Crippen molar-refractivity contribution >= 4 is 15.9 Å². The molecule has 6 heteroatoms. The van der Waals surface area contributed by atoms with E-state index in [2.05, 4.69) is 38.4 Å². The van der Waals surface area contributed by atoms with Crippen molar-refractivity contribution in [2.45, 2.75) is 32.7 Å². The third-order valence-electron chi connectivity index (χ3n) is 3.59. The number of nitrogens with one attached hydrogen (secondary N) is 1. The second-order valence-electron chi connectivity index (χ2n) is 5.01.